The highest BCUT2D eigenvalue weighted by molar-refractivity contribution is 6.33. The zero-order chi connectivity index (χ0) is 15.2. The van der Waals surface area contributed by atoms with E-state index < -0.39 is 5.97 Å². The number of hydrogen-bond acceptors (Lipinski definition) is 5. The number of amides is 1. The molecule has 1 heterocycles. The predicted molar refractivity (Wildman–Crippen MR) is 78.6 cm³/mol. The van der Waals surface area contributed by atoms with Crippen LogP contribution in [-0.4, -0.2) is 44.8 Å². The number of methoxy groups -OCH3 is 1. The summed E-state index contributed by atoms with van der Waals surface area (Å²) < 4.78 is 10.1. The van der Waals surface area contributed by atoms with Crippen molar-refractivity contribution >= 4 is 29.2 Å². The Balaban J connectivity index is 2.00. The summed E-state index contributed by atoms with van der Waals surface area (Å²) >= 11 is 6.02. The van der Waals surface area contributed by atoms with Crippen LogP contribution in [0.1, 0.15) is 16.8 Å². The summed E-state index contributed by atoms with van der Waals surface area (Å²) in [6.07, 6.45) is 0.0764. The first-order valence-corrected chi connectivity index (χ1v) is 6.98. The minimum Gasteiger partial charge on any atom is -0.465 e. The highest BCUT2D eigenvalue weighted by Gasteiger charge is 2.18. The summed E-state index contributed by atoms with van der Waals surface area (Å²) in [6.45, 7) is 2.03. The number of halogens is 1. The summed E-state index contributed by atoms with van der Waals surface area (Å²) in [4.78, 5) is 23.5. The predicted octanol–water partition coefficient (Wildman–Crippen LogP) is 1.44. The second-order valence-corrected chi connectivity index (χ2v) is 5.04. The molecule has 2 N–H and O–H groups in total. The lowest BCUT2D eigenvalue weighted by molar-refractivity contribution is -0.119. The van der Waals surface area contributed by atoms with Gasteiger partial charge in [0, 0.05) is 13.1 Å². The molecular weight excluding hydrogens is 296 g/mol. The minimum atomic E-state index is -0.484. The first kappa shape index (κ1) is 15.8. The molecular formula is C14H17ClN2O4. The Kier molecular flexibility index (Phi) is 5.55. The largest absolute Gasteiger partial charge is 0.465 e. The highest BCUT2D eigenvalue weighted by Crippen LogP contribution is 2.23. The molecule has 1 aromatic rings. The fourth-order valence-electron chi connectivity index (χ4n) is 2.02. The lowest BCUT2D eigenvalue weighted by Crippen LogP contribution is -2.40. The van der Waals surface area contributed by atoms with Crippen LogP contribution in [0, 0.1) is 0 Å². The molecule has 1 aliphatic rings. The standard InChI is InChI=1S/C14H17ClN2O4/c1-20-14(19)9-2-3-11(15)12(6-9)17-13(18)7-10-8-16-4-5-21-10/h2-3,6,10,16H,4-5,7-8H2,1H3,(H,17,18). The van der Waals surface area contributed by atoms with E-state index in [0.29, 0.717) is 29.4 Å². The van der Waals surface area contributed by atoms with Gasteiger partial charge in [0.05, 0.1) is 42.5 Å². The van der Waals surface area contributed by atoms with Crippen molar-refractivity contribution in [3.63, 3.8) is 0 Å². The van der Waals surface area contributed by atoms with Crippen LogP contribution in [-0.2, 0) is 14.3 Å². The van der Waals surface area contributed by atoms with Crippen LogP contribution in [0.25, 0.3) is 0 Å². The number of carbonyl (C=O) groups is 2. The van der Waals surface area contributed by atoms with Gasteiger partial charge in [0.15, 0.2) is 0 Å². The number of nitrogens with one attached hydrogen (secondary N) is 2. The van der Waals surface area contributed by atoms with E-state index in [1.165, 1.54) is 19.2 Å². The third-order valence-electron chi connectivity index (χ3n) is 3.08. The fourth-order valence-corrected chi connectivity index (χ4v) is 2.19. The van der Waals surface area contributed by atoms with Crippen molar-refractivity contribution in [2.75, 3.05) is 32.1 Å². The van der Waals surface area contributed by atoms with Crippen molar-refractivity contribution in [2.45, 2.75) is 12.5 Å². The van der Waals surface area contributed by atoms with Gasteiger partial charge in [0.1, 0.15) is 0 Å². The van der Waals surface area contributed by atoms with Crippen LogP contribution in [0.2, 0.25) is 5.02 Å². The summed E-state index contributed by atoms with van der Waals surface area (Å²) in [5.74, 6) is -0.699. The SMILES string of the molecule is COC(=O)c1ccc(Cl)c(NC(=O)CC2CNCCO2)c1. The quantitative estimate of drug-likeness (QED) is 0.823. The minimum absolute atomic E-state index is 0.152. The van der Waals surface area contributed by atoms with E-state index in [-0.39, 0.29) is 18.4 Å². The molecule has 0 radical (unpaired) electrons. The smallest absolute Gasteiger partial charge is 0.337 e. The molecule has 1 fully saturated rings. The molecule has 1 amide bonds. The second kappa shape index (κ2) is 7.40. The van der Waals surface area contributed by atoms with Gasteiger partial charge in [-0.2, -0.15) is 0 Å². The molecule has 0 saturated carbocycles. The van der Waals surface area contributed by atoms with E-state index in [0.717, 1.165) is 6.54 Å². The second-order valence-electron chi connectivity index (χ2n) is 4.64. The molecule has 0 bridgehead atoms. The van der Waals surface area contributed by atoms with Crippen molar-refractivity contribution in [1.29, 1.82) is 0 Å². The van der Waals surface area contributed by atoms with E-state index in [9.17, 15) is 9.59 Å². The maximum absolute atomic E-state index is 12.0. The Morgan fingerprint density at radius 2 is 2.33 bits per heavy atom. The van der Waals surface area contributed by atoms with E-state index in [1.807, 2.05) is 0 Å². The van der Waals surface area contributed by atoms with Crippen molar-refractivity contribution in [2.24, 2.45) is 0 Å². The molecule has 0 aliphatic carbocycles. The first-order valence-electron chi connectivity index (χ1n) is 6.60. The first-order chi connectivity index (χ1) is 10.1. The average molecular weight is 313 g/mol. The summed E-state index contributed by atoms with van der Waals surface area (Å²) in [7, 11) is 1.29. The third-order valence-corrected chi connectivity index (χ3v) is 3.41. The number of anilines is 1. The molecule has 1 aliphatic heterocycles. The normalized spacial score (nSPS) is 18.1. The molecule has 0 aromatic heterocycles. The lowest BCUT2D eigenvalue weighted by atomic mass is 10.2. The van der Waals surface area contributed by atoms with E-state index in [4.69, 9.17) is 16.3 Å². The zero-order valence-corrected chi connectivity index (χ0v) is 12.4. The van der Waals surface area contributed by atoms with Gasteiger partial charge in [-0.15, -0.1) is 0 Å². The topological polar surface area (TPSA) is 76.7 Å². The summed E-state index contributed by atoms with van der Waals surface area (Å²) in [5.41, 5.74) is 0.709. The van der Waals surface area contributed by atoms with Crippen LogP contribution in [0.5, 0.6) is 0 Å². The number of esters is 1. The lowest BCUT2D eigenvalue weighted by Gasteiger charge is -2.23. The van der Waals surface area contributed by atoms with E-state index in [2.05, 4.69) is 15.4 Å². The van der Waals surface area contributed by atoms with Crippen LogP contribution < -0.4 is 10.6 Å². The van der Waals surface area contributed by atoms with Gasteiger partial charge in [0.2, 0.25) is 5.91 Å². The number of rotatable bonds is 4. The fraction of sp³-hybridized carbons (Fsp3) is 0.429. The maximum atomic E-state index is 12.0. The van der Waals surface area contributed by atoms with Gasteiger partial charge in [-0.1, -0.05) is 11.6 Å². The molecule has 1 atom stereocenters. The Bertz CT molecular complexity index is 530. The molecule has 2 rings (SSSR count). The Morgan fingerprint density at radius 3 is 3.00 bits per heavy atom. The number of benzene rings is 1. The Labute approximate surface area is 127 Å². The third kappa shape index (κ3) is 4.42. The Morgan fingerprint density at radius 1 is 1.52 bits per heavy atom. The molecule has 114 valence electrons. The average Bonchev–Trinajstić information content (AvgIpc) is 2.49. The van der Waals surface area contributed by atoms with Gasteiger partial charge in [-0.3, -0.25) is 4.79 Å². The van der Waals surface area contributed by atoms with Gasteiger partial charge < -0.3 is 20.1 Å². The number of carbonyl (C=O) groups excluding carboxylic acids is 2. The molecule has 0 spiro atoms. The summed E-state index contributed by atoms with van der Waals surface area (Å²) in [5, 5.41) is 6.21. The number of ether oxygens (including phenoxy) is 2. The Hall–Kier alpha value is -1.63. The molecule has 6 nitrogen and oxygen atoms in total. The van der Waals surface area contributed by atoms with Crippen LogP contribution in [0.15, 0.2) is 18.2 Å². The van der Waals surface area contributed by atoms with Crippen molar-refractivity contribution < 1.29 is 19.1 Å². The molecule has 1 saturated heterocycles. The van der Waals surface area contributed by atoms with E-state index in [1.54, 1.807) is 6.07 Å². The zero-order valence-electron chi connectivity index (χ0n) is 11.6. The van der Waals surface area contributed by atoms with Gasteiger partial charge in [-0.25, -0.2) is 4.79 Å². The van der Waals surface area contributed by atoms with Gasteiger partial charge >= 0.3 is 5.97 Å². The van der Waals surface area contributed by atoms with Gasteiger partial charge in [0.25, 0.3) is 0 Å². The van der Waals surface area contributed by atoms with Crippen molar-refractivity contribution in [3.05, 3.63) is 28.8 Å². The molecule has 1 unspecified atom stereocenters. The maximum Gasteiger partial charge on any atom is 0.337 e. The number of morpholine rings is 1. The van der Waals surface area contributed by atoms with Crippen molar-refractivity contribution in [3.8, 4) is 0 Å². The highest BCUT2D eigenvalue weighted by atomic mass is 35.5. The number of hydrogen-bond donors (Lipinski definition) is 2. The molecule has 21 heavy (non-hydrogen) atoms. The van der Waals surface area contributed by atoms with Gasteiger partial charge in [-0.05, 0) is 18.2 Å². The molecule has 7 heteroatoms. The van der Waals surface area contributed by atoms with Crippen molar-refractivity contribution in [1.82, 2.24) is 5.32 Å². The van der Waals surface area contributed by atoms with Crippen LogP contribution >= 0.6 is 11.6 Å². The van der Waals surface area contributed by atoms with E-state index >= 15 is 0 Å². The molecule has 1 aromatic carbocycles. The van der Waals surface area contributed by atoms with Crippen LogP contribution in [0.3, 0.4) is 0 Å². The van der Waals surface area contributed by atoms with Crippen LogP contribution in [0.4, 0.5) is 5.69 Å². The monoisotopic (exact) mass is 312 g/mol. The summed E-state index contributed by atoms with van der Waals surface area (Å²) in [6, 6.07) is 4.58.